The van der Waals surface area contributed by atoms with Crippen LogP contribution in [-0.2, 0) is 17.8 Å². The van der Waals surface area contributed by atoms with E-state index < -0.39 is 0 Å². The topological polar surface area (TPSA) is 62.8 Å². The van der Waals surface area contributed by atoms with Gasteiger partial charge in [0.2, 0.25) is 0 Å². The Bertz CT molecular complexity index is 1250. The molecule has 0 spiro atoms. The minimum absolute atomic E-state index is 0.127. The van der Waals surface area contributed by atoms with Crippen molar-refractivity contribution in [3.63, 3.8) is 0 Å². The molecule has 4 heterocycles. The van der Waals surface area contributed by atoms with Gasteiger partial charge >= 0.3 is 6.01 Å². The van der Waals surface area contributed by atoms with Gasteiger partial charge in [-0.15, -0.1) is 0 Å². The normalized spacial score (nSPS) is 24.8. The Kier molecular flexibility index (Phi) is 6.73. The maximum atomic E-state index is 6.65. The van der Waals surface area contributed by atoms with Gasteiger partial charge in [0, 0.05) is 54.1 Å². The van der Waals surface area contributed by atoms with E-state index in [-0.39, 0.29) is 6.10 Å². The number of hydrogen-bond acceptors (Lipinski definition) is 7. The van der Waals surface area contributed by atoms with Crippen LogP contribution in [0, 0.1) is 0 Å². The van der Waals surface area contributed by atoms with Gasteiger partial charge in [0.15, 0.2) is 0 Å². The molecular formula is C28H34ClN5O2. The fraction of sp³-hybridized carbons (Fsp3) is 0.500. The van der Waals surface area contributed by atoms with Crippen LogP contribution in [0.5, 0.6) is 6.01 Å². The van der Waals surface area contributed by atoms with Crippen molar-refractivity contribution >= 4 is 28.2 Å². The van der Waals surface area contributed by atoms with Crippen molar-refractivity contribution in [2.24, 2.45) is 0 Å². The summed E-state index contributed by atoms with van der Waals surface area (Å²) in [6.45, 7) is 7.21. The van der Waals surface area contributed by atoms with E-state index in [1.165, 1.54) is 6.42 Å². The molecule has 0 bridgehead atoms. The van der Waals surface area contributed by atoms with Crippen molar-refractivity contribution in [1.82, 2.24) is 20.2 Å². The number of fused-ring (bicyclic) bond motifs is 2. The van der Waals surface area contributed by atoms with Gasteiger partial charge in [0.1, 0.15) is 12.4 Å². The number of nitrogens with one attached hydrogen (secondary N) is 1. The second-order valence-corrected chi connectivity index (χ2v) is 10.7. The lowest BCUT2D eigenvalue weighted by Gasteiger charge is -2.37. The molecule has 36 heavy (non-hydrogen) atoms. The fourth-order valence-corrected chi connectivity index (χ4v) is 6.13. The van der Waals surface area contributed by atoms with Gasteiger partial charge in [-0.25, -0.2) is 0 Å². The summed E-state index contributed by atoms with van der Waals surface area (Å²) < 4.78 is 12.7. The molecule has 6 rings (SSSR count). The number of likely N-dealkylation sites (N-methyl/N-ethyl adjacent to an activating group) is 1. The smallest absolute Gasteiger partial charge is 0.318 e. The maximum Gasteiger partial charge on any atom is 0.318 e. The number of nitrogens with zero attached hydrogens (tertiary/aromatic N) is 4. The van der Waals surface area contributed by atoms with E-state index in [1.54, 1.807) is 0 Å². The third-order valence-corrected chi connectivity index (χ3v) is 8.26. The van der Waals surface area contributed by atoms with E-state index in [2.05, 4.69) is 53.4 Å². The van der Waals surface area contributed by atoms with E-state index >= 15 is 0 Å². The van der Waals surface area contributed by atoms with E-state index in [0.717, 1.165) is 71.0 Å². The highest BCUT2D eigenvalue weighted by Gasteiger charge is 2.32. The Hall–Kier alpha value is -2.45. The van der Waals surface area contributed by atoms with Gasteiger partial charge in [-0.05, 0) is 50.4 Å². The van der Waals surface area contributed by atoms with Gasteiger partial charge in [-0.1, -0.05) is 41.9 Å². The first kappa shape index (κ1) is 23.9. The third-order valence-electron chi connectivity index (χ3n) is 7.94. The minimum Gasteiger partial charge on any atom is -0.462 e. The maximum absolute atomic E-state index is 6.65. The lowest BCUT2D eigenvalue weighted by atomic mass is 9.94. The van der Waals surface area contributed by atoms with Gasteiger partial charge in [-0.2, -0.15) is 9.97 Å². The highest BCUT2D eigenvalue weighted by Crippen LogP contribution is 2.39. The van der Waals surface area contributed by atoms with Crippen LogP contribution in [0.25, 0.3) is 10.8 Å². The van der Waals surface area contributed by atoms with Gasteiger partial charge in [0.05, 0.1) is 18.4 Å². The van der Waals surface area contributed by atoms with Crippen LogP contribution in [0.15, 0.2) is 36.4 Å². The molecular weight excluding hydrogens is 474 g/mol. The Labute approximate surface area is 217 Å². The molecule has 0 saturated carbocycles. The third kappa shape index (κ3) is 4.54. The number of piperazine rings is 1. The lowest BCUT2D eigenvalue weighted by Crippen LogP contribution is -2.50. The molecule has 7 nitrogen and oxygen atoms in total. The number of likely N-dealkylation sites (tertiary alicyclic amines) is 1. The summed E-state index contributed by atoms with van der Waals surface area (Å²) in [6, 6.07) is 13.6. The van der Waals surface area contributed by atoms with Gasteiger partial charge in [0.25, 0.3) is 0 Å². The lowest BCUT2D eigenvalue weighted by molar-refractivity contribution is 0.0265. The Morgan fingerprint density at radius 3 is 2.83 bits per heavy atom. The zero-order valence-corrected chi connectivity index (χ0v) is 21.8. The zero-order chi connectivity index (χ0) is 24.6. The number of ether oxygens (including phenoxy) is 2. The van der Waals surface area contributed by atoms with Crippen LogP contribution in [0.4, 0.5) is 5.82 Å². The second-order valence-electron chi connectivity index (χ2n) is 10.3. The predicted octanol–water partition coefficient (Wildman–Crippen LogP) is 4.37. The highest BCUT2D eigenvalue weighted by atomic mass is 35.5. The van der Waals surface area contributed by atoms with Crippen LogP contribution in [0.1, 0.15) is 42.7 Å². The molecule has 2 fully saturated rings. The molecule has 0 radical (unpaired) electrons. The Morgan fingerprint density at radius 1 is 1.17 bits per heavy atom. The summed E-state index contributed by atoms with van der Waals surface area (Å²) in [7, 11) is 2.17. The monoisotopic (exact) mass is 507 g/mol. The van der Waals surface area contributed by atoms with Gasteiger partial charge in [-0.3, -0.25) is 0 Å². The summed E-state index contributed by atoms with van der Waals surface area (Å²) in [5, 5.41) is 6.41. The summed E-state index contributed by atoms with van der Waals surface area (Å²) in [5.41, 5.74) is 3.20. The van der Waals surface area contributed by atoms with Crippen molar-refractivity contribution in [2.45, 2.75) is 51.0 Å². The number of hydrogen-bond donors (Lipinski definition) is 1. The molecule has 0 amide bonds. The van der Waals surface area contributed by atoms with Gasteiger partial charge < -0.3 is 24.6 Å². The van der Waals surface area contributed by atoms with E-state index in [0.29, 0.717) is 37.7 Å². The van der Waals surface area contributed by atoms with Crippen LogP contribution in [-0.4, -0.2) is 66.8 Å². The molecule has 3 aromatic rings. The first-order chi connectivity index (χ1) is 17.6. The average Bonchev–Trinajstić information content (AvgIpc) is 3.31. The fourth-order valence-electron chi connectivity index (χ4n) is 5.84. The van der Waals surface area contributed by atoms with Crippen LogP contribution < -0.4 is 15.0 Å². The summed E-state index contributed by atoms with van der Waals surface area (Å²) in [5.74, 6) is 0.957. The predicted molar refractivity (Wildman–Crippen MR) is 143 cm³/mol. The van der Waals surface area contributed by atoms with Crippen molar-refractivity contribution in [3.05, 3.63) is 58.2 Å². The van der Waals surface area contributed by atoms with Crippen molar-refractivity contribution < 1.29 is 9.47 Å². The minimum atomic E-state index is -0.127. The number of halogens is 1. The average molecular weight is 508 g/mol. The molecule has 8 heteroatoms. The molecule has 3 atom stereocenters. The molecule has 2 saturated heterocycles. The Morgan fingerprint density at radius 2 is 2.03 bits per heavy atom. The molecule has 3 aliphatic rings. The van der Waals surface area contributed by atoms with E-state index in [1.807, 2.05) is 12.1 Å². The molecule has 3 aliphatic heterocycles. The van der Waals surface area contributed by atoms with Crippen LogP contribution >= 0.6 is 11.6 Å². The van der Waals surface area contributed by atoms with Crippen molar-refractivity contribution in [2.75, 3.05) is 44.7 Å². The molecule has 0 aliphatic carbocycles. The number of benzene rings is 2. The van der Waals surface area contributed by atoms with E-state index in [9.17, 15) is 0 Å². The van der Waals surface area contributed by atoms with Crippen molar-refractivity contribution in [3.8, 4) is 6.01 Å². The summed E-state index contributed by atoms with van der Waals surface area (Å²) in [4.78, 5) is 14.6. The second kappa shape index (κ2) is 10.1. The number of aromatic nitrogens is 2. The first-order valence-corrected chi connectivity index (χ1v) is 13.4. The molecule has 190 valence electrons. The molecule has 2 aromatic carbocycles. The quantitative estimate of drug-likeness (QED) is 0.550. The highest BCUT2D eigenvalue weighted by molar-refractivity contribution is 6.35. The molecule has 1 aromatic heterocycles. The molecule has 1 unspecified atom stereocenters. The molecule has 1 N–H and O–H groups in total. The largest absolute Gasteiger partial charge is 0.462 e. The summed E-state index contributed by atoms with van der Waals surface area (Å²) >= 11 is 6.65. The first-order valence-electron chi connectivity index (χ1n) is 13.1. The van der Waals surface area contributed by atoms with E-state index in [4.69, 9.17) is 31.0 Å². The van der Waals surface area contributed by atoms with Crippen LogP contribution in [0.3, 0.4) is 0 Å². The SMILES string of the molecule is C[C@H]1CNCCN1c1nc(OC[C@@H]2CCCN2C)nc2c1COC(c1cccc3cccc(Cl)c13)C2. The number of anilines is 1. The van der Waals surface area contributed by atoms with Crippen molar-refractivity contribution in [1.29, 1.82) is 0 Å². The van der Waals surface area contributed by atoms with Crippen LogP contribution in [0.2, 0.25) is 5.02 Å². The standard InChI is InChI=1S/C28H34ClN5O2/c1-18-15-30-11-13-34(18)27-22-17-35-25(21-9-3-6-19-7-4-10-23(29)26(19)21)14-24(22)31-28(32-27)36-16-20-8-5-12-33(20)2/h3-4,6-7,9-10,18,20,25,30H,5,8,11-17H2,1-2H3/t18-,20-,25?/m0/s1. The Balaban J connectivity index is 1.35. The number of rotatable bonds is 5. The zero-order valence-electron chi connectivity index (χ0n) is 21.0. The summed E-state index contributed by atoms with van der Waals surface area (Å²) in [6.07, 6.45) is 2.90.